The Kier molecular flexibility index (Phi) is 4.94. The number of hydrogen-bond acceptors (Lipinski definition) is 5. The Hall–Kier alpha value is -2.19. The molecule has 2 aromatic rings. The molecule has 0 aromatic carbocycles. The van der Waals surface area contributed by atoms with Crippen LogP contribution in [0.2, 0.25) is 0 Å². The number of furan rings is 1. The van der Waals surface area contributed by atoms with Crippen molar-refractivity contribution >= 4 is 15.9 Å². The molecule has 0 atom stereocenters. The molecule has 8 heteroatoms. The van der Waals surface area contributed by atoms with Crippen molar-refractivity contribution in [3.05, 3.63) is 42.5 Å². The van der Waals surface area contributed by atoms with Crippen molar-refractivity contribution in [1.29, 1.82) is 0 Å². The fourth-order valence-corrected chi connectivity index (χ4v) is 2.04. The van der Waals surface area contributed by atoms with Gasteiger partial charge < -0.3 is 9.73 Å². The highest BCUT2D eigenvalue weighted by Gasteiger charge is 2.14. The second-order valence-electron chi connectivity index (χ2n) is 4.86. The minimum atomic E-state index is -3.36. The number of carbonyl (C=O) groups is 1. The van der Waals surface area contributed by atoms with Crippen molar-refractivity contribution in [2.75, 3.05) is 19.8 Å². The lowest BCUT2D eigenvalue weighted by molar-refractivity contribution is -0.121. The molecule has 0 fully saturated rings. The molecule has 0 unspecified atom stereocenters. The molecule has 118 valence electrons. The SMILES string of the molecule is CN(CC(=O)NCc1ccc(-c2ccoc2)nc1)S(C)(=O)=O. The summed E-state index contributed by atoms with van der Waals surface area (Å²) >= 11 is 0. The van der Waals surface area contributed by atoms with E-state index in [-0.39, 0.29) is 19.0 Å². The molecular formula is C14H17N3O4S. The molecule has 1 amide bonds. The Balaban J connectivity index is 1.88. The van der Waals surface area contributed by atoms with Crippen molar-refractivity contribution in [1.82, 2.24) is 14.6 Å². The Morgan fingerprint density at radius 1 is 1.36 bits per heavy atom. The lowest BCUT2D eigenvalue weighted by Gasteiger charge is -2.13. The van der Waals surface area contributed by atoms with E-state index >= 15 is 0 Å². The van der Waals surface area contributed by atoms with Gasteiger partial charge in [-0.25, -0.2) is 8.42 Å². The zero-order valence-corrected chi connectivity index (χ0v) is 13.1. The molecule has 0 saturated carbocycles. The van der Waals surface area contributed by atoms with Crippen LogP contribution < -0.4 is 5.32 Å². The van der Waals surface area contributed by atoms with Gasteiger partial charge in [0.2, 0.25) is 15.9 Å². The van der Waals surface area contributed by atoms with Crippen LogP contribution in [0.25, 0.3) is 11.3 Å². The van der Waals surface area contributed by atoms with Gasteiger partial charge in [-0.1, -0.05) is 6.07 Å². The quantitative estimate of drug-likeness (QED) is 0.851. The second-order valence-corrected chi connectivity index (χ2v) is 6.95. The van der Waals surface area contributed by atoms with Gasteiger partial charge in [0.05, 0.1) is 31.0 Å². The van der Waals surface area contributed by atoms with E-state index in [1.807, 2.05) is 18.2 Å². The Labute approximate surface area is 129 Å². The minimum absolute atomic E-state index is 0.209. The molecule has 22 heavy (non-hydrogen) atoms. The number of aromatic nitrogens is 1. The summed E-state index contributed by atoms with van der Waals surface area (Å²) in [6.45, 7) is 0.0778. The van der Waals surface area contributed by atoms with Gasteiger partial charge in [-0.2, -0.15) is 4.31 Å². The lowest BCUT2D eigenvalue weighted by Crippen LogP contribution is -2.37. The first-order valence-corrected chi connectivity index (χ1v) is 8.36. The molecule has 1 N–H and O–H groups in total. The van der Waals surface area contributed by atoms with E-state index in [1.54, 1.807) is 18.7 Å². The lowest BCUT2D eigenvalue weighted by atomic mass is 10.2. The number of nitrogens with one attached hydrogen (secondary N) is 1. The van der Waals surface area contributed by atoms with Gasteiger partial charge in [0.25, 0.3) is 0 Å². The molecule has 0 bridgehead atoms. The number of likely N-dealkylation sites (N-methyl/N-ethyl adjacent to an activating group) is 1. The third kappa shape index (κ3) is 4.40. The standard InChI is InChI=1S/C14H17N3O4S/c1-17(22(2,19)20)9-14(18)16-8-11-3-4-13(15-7-11)12-5-6-21-10-12/h3-7,10H,8-9H2,1-2H3,(H,16,18). The third-order valence-corrected chi connectivity index (χ3v) is 4.33. The number of rotatable bonds is 6. The van der Waals surface area contributed by atoms with Crippen LogP contribution in [0.4, 0.5) is 0 Å². The van der Waals surface area contributed by atoms with Crippen molar-refractivity contribution in [2.24, 2.45) is 0 Å². The van der Waals surface area contributed by atoms with E-state index < -0.39 is 10.0 Å². The Morgan fingerprint density at radius 2 is 2.14 bits per heavy atom. The van der Waals surface area contributed by atoms with Gasteiger partial charge >= 0.3 is 0 Å². The number of pyridine rings is 1. The average Bonchev–Trinajstić information content (AvgIpc) is 2.99. The van der Waals surface area contributed by atoms with E-state index in [2.05, 4.69) is 10.3 Å². The van der Waals surface area contributed by atoms with Crippen molar-refractivity contribution in [3.8, 4) is 11.3 Å². The van der Waals surface area contributed by atoms with Crippen LogP contribution in [0.3, 0.4) is 0 Å². The summed E-state index contributed by atoms with van der Waals surface area (Å²) in [7, 11) is -2.00. The molecule has 2 aromatic heterocycles. The largest absolute Gasteiger partial charge is 0.472 e. The molecule has 2 heterocycles. The summed E-state index contributed by atoms with van der Waals surface area (Å²) in [5, 5.41) is 2.65. The third-order valence-electron chi connectivity index (χ3n) is 3.06. The summed E-state index contributed by atoms with van der Waals surface area (Å²) in [5.41, 5.74) is 2.48. The van der Waals surface area contributed by atoms with Gasteiger partial charge in [0.15, 0.2) is 0 Å². The van der Waals surface area contributed by atoms with Crippen molar-refractivity contribution in [2.45, 2.75) is 6.54 Å². The van der Waals surface area contributed by atoms with Crippen LogP contribution >= 0.6 is 0 Å². The van der Waals surface area contributed by atoms with Gasteiger partial charge in [-0.05, 0) is 17.7 Å². The highest BCUT2D eigenvalue weighted by atomic mass is 32.2. The minimum Gasteiger partial charge on any atom is -0.472 e. The van der Waals surface area contributed by atoms with E-state index in [1.165, 1.54) is 7.05 Å². The molecule has 0 spiro atoms. The number of sulfonamides is 1. The first-order valence-electron chi connectivity index (χ1n) is 6.52. The summed E-state index contributed by atoms with van der Waals surface area (Å²) < 4.78 is 28.4. The van der Waals surface area contributed by atoms with Crippen LogP contribution in [-0.4, -0.2) is 43.5 Å². The predicted octanol–water partition coefficient (Wildman–Crippen LogP) is 0.849. The van der Waals surface area contributed by atoms with Crippen molar-refractivity contribution in [3.63, 3.8) is 0 Å². The van der Waals surface area contributed by atoms with Crippen LogP contribution in [0, 0.1) is 0 Å². The molecule has 0 aliphatic carbocycles. The fraction of sp³-hybridized carbons (Fsp3) is 0.286. The Morgan fingerprint density at radius 3 is 2.68 bits per heavy atom. The molecule has 0 radical (unpaired) electrons. The molecule has 0 aliphatic heterocycles. The summed E-state index contributed by atoms with van der Waals surface area (Å²) in [5.74, 6) is -0.369. The summed E-state index contributed by atoms with van der Waals surface area (Å²) in [6, 6.07) is 5.48. The molecule has 0 saturated heterocycles. The monoisotopic (exact) mass is 323 g/mol. The van der Waals surface area contributed by atoms with E-state index in [4.69, 9.17) is 4.42 Å². The van der Waals surface area contributed by atoms with E-state index in [0.717, 1.165) is 27.4 Å². The zero-order valence-electron chi connectivity index (χ0n) is 12.3. The van der Waals surface area contributed by atoms with Crippen LogP contribution in [0.15, 0.2) is 41.3 Å². The van der Waals surface area contributed by atoms with Crippen LogP contribution in [0.1, 0.15) is 5.56 Å². The molecule has 2 rings (SSSR count). The number of hydrogen-bond donors (Lipinski definition) is 1. The number of nitrogens with zero attached hydrogens (tertiary/aromatic N) is 2. The molecule has 7 nitrogen and oxygen atoms in total. The highest BCUT2D eigenvalue weighted by molar-refractivity contribution is 7.88. The van der Waals surface area contributed by atoms with Crippen LogP contribution in [0.5, 0.6) is 0 Å². The number of amides is 1. The smallest absolute Gasteiger partial charge is 0.235 e. The van der Waals surface area contributed by atoms with Gasteiger partial charge in [0, 0.05) is 25.4 Å². The van der Waals surface area contributed by atoms with Gasteiger partial charge in [0.1, 0.15) is 0 Å². The first kappa shape index (κ1) is 16.2. The molecule has 0 aliphatic rings. The Bertz CT molecular complexity index is 724. The maximum absolute atomic E-state index is 11.7. The summed E-state index contributed by atoms with van der Waals surface area (Å²) in [4.78, 5) is 16.0. The second kappa shape index (κ2) is 6.71. The topological polar surface area (TPSA) is 92.5 Å². The van der Waals surface area contributed by atoms with Gasteiger partial charge in [-0.15, -0.1) is 0 Å². The van der Waals surface area contributed by atoms with E-state index in [9.17, 15) is 13.2 Å². The predicted molar refractivity (Wildman–Crippen MR) is 81.3 cm³/mol. The fourth-order valence-electron chi connectivity index (χ4n) is 1.69. The normalized spacial score (nSPS) is 11.6. The zero-order chi connectivity index (χ0) is 16.2. The summed E-state index contributed by atoms with van der Waals surface area (Å²) in [6.07, 6.45) is 5.88. The van der Waals surface area contributed by atoms with E-state index in [0.29, 0.717) is 0 Å². The number of carbonyl (C=O) groups excluding carboxylic acids is 1. The van der Waals surface area contributed by atoms with Gasteiger partial charge in [-0.3, -0.25) is 9.78 Å². The van der Waals surface area contributed by atoms with Crippen molar-refractivity contribution < 1.29 is 17.6 Å². The highest BCUT2D eigenvalue weighted by Crippen LogP contribution is 2.16. The average molecular weight is 323 g/mol. The van der Waals surface area contributed by atoms with Crippen LogP contribution in [-0.2, 0) is 21.4 Å². The maximum Gasteiger partial charge on any atom is 0.235 e. The molecular weight excluding hydrogens is 306 g/mol. The maximum atomic E-state index is 11.7. The first-order chi connectivity index (χ1) is 10.4.